The Balaban J connectivity index is 2.16. The van der Waals surface area contributed by atoms with Gasteiger partial charge in [-0.1, -0.05) is 60.7 Å². The number of hydrogen-bond donors (Lipinski definition) is 0. The number of carbonyl (C=O) groups is 1. The number of aldehydes is 1. The van der Waals surface area contributed by atoms with Gasteiger partial charge in [0.1, 0.15) is 6.29 Å². The lowest BCUT2D eigenvalue weighted by molar-refractivity contribution is -0.105. The van der Waals surface area contributed by atoms with Crippen LogP contribution in [0.3, 0.4) is 0 Å². The SMILES string of the molecule is O=C[C]1[CH][CH][CH][C]1P(=O)(c1ccccc1)c1ccccc1. The van der Waals surface area contributed by atoms with E-state index in [0.717, 1.165) is 16.9 Å². The summed E-state index contributed by atoms with van der Waals surface area (Å²) >= 11 is 0. The highest BCUT2D eigenvalue weighted by molar-refractivity contribution is 7.81. The first-order valence-corrected chi connectivity index (χ1v) is 8.40. The molecule has 3 rings (SSSR count). The third-order valence-electron chi connectivity index (χ3n) is 3.53. The van der Waals surface area contributed by atoms with Crippen LogP contribution in [-0.4, -0.2) is 6.29 Å². The van der Waals surface area contributed by atoms with Crippen LogP contribution >= 0.6 is 7.14 Å². The summed E-state index contributed by atoms with van der Waals surface area (Å²) in [7, 11) is -3.01. The average Bonchev–Trinajstić information content (AvgIpc) is 3.05. The second-order valence-electron chi connectivity index (χ2n) is 4.76. The van der Waals surface area contributed by atoms with Crippen LogP contribution in [0.15, 0.2) is 60.7 Å². The highest BCUT2D eigenvalue weighted by Crippen LogP contribution is 2.61. The smallest absolute Gasteiger partial charge is 0.151 e. The van der Waals surface area contributed by atoms with E-state index in [0.29, 0.717) is 11.6 Å². The zero-order chi connectivity index (χ0) is 14.7. The molecule has 0 aliphatic heterocycles. The van der Waals surface area contributed by atoms with Crippen LogP contribution in [-0.2, 0) is 9.36 Å². The van der Waals surface area contributed by atoms with Gasteiger partial charge in [-0.05, 0) is 19.3 Å². The number of rotatable bonds is 4. The summed E-state index contributed by atoms with van der Waals surface area (Å²) in [5.41, 5.74) is 0.606. The van der Waals surface area contributed by atoms with Crippen molar-refractivity contribution in [1.82, 2.24) is 0 Å². The summed E-state index contributed by atoms with van der Waals surface area (Å²) in [6.07, 6.45) is 6.04. The van der Waals surface area contributed by atoms with Crippen molar-refractivity contribution >= 4 is 24.0 Å². The molecule has 2 nitrogen and oxygen atoms in total. The van der Waals surface area contributed by atoms with Gasteiger partial charge < -0.3 is 9.36 Å². The Morgan fingerprint density at radius 3 is 1.76 bits per heavy atom. The third kappa shape index (κ3) is 2.49. The molecule has 0 unspecified atom stereocenters. The maximum atomic E-state index is 13.9. The molecule has 3 heteroatoms. The third-order valence-corrected chi connectivity index (χ3v) is 6.67. The molecule has 0 spiro atoms. The molecule has 1 aliphatic carbocycles. The van der Waals surface area contributed by atoms with Crippen LogP contribution in [0.4, 0.5) is 0 Å². The summed E-state index contributed by atoms with van der Waals surface area (Å²) in [4.78, 5) is 11.3. The average molecular weight is 293 g/mol. The maximum Gasteiger partial charge on any atom is 0.151 e. The van der Waals surface area contributed by atoms with Crippen LogP contribution in [0.5, 0.6) is 0 Å². The van der Waals surface area contributed by atoms with Crippen molar-refractivity contribution in [3.63, 3.8) is 0 Å². The first-order valence-electron chi connectivity index (χ1n) is 6.69. The predicted molar refractivity (Wildman–Crippen MR) is 85.2 cm³/mol. The van der Waals surface area contributed by atoms with E-state index in [2.05, 4.69) is 0 Å². The van der Waals surface area contributed by atoms with Gasteiger partial charge in [0, 0.05) is 10.6 Å². The minimum Gasteiger partial charge on any atom is -0.313 e. The van der Waals surface area contributed by atoms with Crippen molar-refractivity contribution in [2.24, 2.45) is 0 Å². The second-order valence-corrected chi connectivity index (χ2v) is 7.50. The lowest BCUT2D eigenvalue weighted by Gasteiger charge is -2.26. The minimum absolute atomic E-state index is 0.492. The molecule has 2 aromatic carbocycles. The molecule has 1 aliphatic rings. The van der Waals surface area contributed by atoms with Crippen molar-refractivity contribution in [2.75, 3.05) is 0 Å². The van der Waals surface area contributed by atoms with Crippen molar-refractivity contribution in [3.05, 3.63) is 91.5 Å². The van der Waals surface area contributed by atoms with Gasteiger partial charge in [-0.3, -0.25) is 0 Å². The van der Waals surface area contributed by atoms with Crippen molar-refractivity contribution in [2.45, 2.75) is 0 Å². The summed E-state index contributed by atoms with van der Waals surface area (Å²) in [6, 6.07) is 18.7. The second kappa shape index (κ2) is 5.99. The Kier molecular flexibility index (Phi) is 4.07. The molecule has 21 heavy (non-hydrogen) atoms. The minimum atomic E-state index is -3.01. The lowest BCUT2D eigenvalue weighted by atomic mass is 10.1. The monoisotopic (exact) mass is 293 g/mol. The fraction of sp³-hybridized carbons (Fsp3) is 0. The van der Waals surface area contributed by atoms with E-state index in [1.165, 1.54) is 0 Å². The molecule has 0 N–H and O–H groups in total. The van der Waals surface area contributed by atoms with Crippen LogP contribution in [0.25, 0.3) is 0 Å². The highest BCUT2D eigenvalue weighted by Gasteiger charge is 2.45. The molecule has 103 valence electrons. The standard InChI is InChI=1S/C18H14O2P/c19-14-15-8-7-13-18(15)21(20,16-9-3-1-4-10-16)17-11-5-2-6-12-17/h1-14H. The largest absolute Gasteiger partial charge is 0.313 e. The summed E-state index contributed by atoms with van der Waals surface area (Å²) in [5, 5.41) is 1.48. The van der Waals surface area contributed by atoms with E-state index in [4.69, 9.17) is 0 Å². The van der Waals surface area contributed by atoms with Gasteiger partial charge in [-0.25, -0.2) is 0 Å². The highest BCUT2D eigenvalue weighted by atomic mass is 31.2. The predicted octanol–water partition coefficient (Wildman–Crippen LogP) is 2.93. The van der Waals surface area contributed by atoms with Crippen LogP contribution in [0.2, 0.25) is 0 Å². The summed E-state index contributed by atoms with van der Waals surface area (Å²) in [6.45, 7) is 0. The van der Waals surface area contributed by atoms with E-state index < -0.39 is 7.14 Å². The van der Waals surface area contributed by atoms with E-state index in [-0.39, 0.29) is 0 Å². The molecule has 5 radical (unpaired) electrons. The fourth-order valence-electron chi connectivity index (χ4n) is 2.51. The summed E-state index contributed by atoms with van der Waals surface area (Å²) < 4.78 is 13.9. The van der Waals surface area contributed by atoms with Gasteiger partial charge in [0.25, 0.3) is 0 Å². The maximum absolute atomic E-state index is 13.9. The van der Waals surface area contributed by atoms with Gasteiger partial charge >= 0.3 is 0 Å². The van der Waals surface area contributed by atoms with Gasteiger partial charge in [0.2, 0.25) is 0 Å². The quantitative estimate of drug-likeness (QED) is 0.641. The van der Waals surface area contributed by atoms with E-state index in [1.807, 2.05) is 60.7 Å². The topological polar surface area (TPSA) is 34.1 Å². The Labute approximate surface area is 125 Å². The Hall–Kier alpha value is -1.66. The number of hydrogen-bond acceptors (Lipinski definition) is 2. The number of benzene rings is 2. The molecular weight excluding hydrogens is 279 g/mol. The van der Waals surface area contributed by atoms with Crippen molar-refractivity contribution in [1.29, 1.82) is 0 Å². The first kappa shape index (κ1) is 14.3. The van der Waals surface area contributed by atoms with E-state index >= 15 is 0 Å². The van der Waals surface area contributed by atoms with E-state index in [1.54, 1.807) is 19.3 Å². The fourth-order valence-corrected chi connectivity index (χ4v) is 5.34. The Bertz CT molecular complexity index is 608. The van der Waals surface area contributed by atoms with Gasteiger partial charge in [-0.2, -0.15) is 0 Å². The zero-order valence-corrected chi connectivity index (χ0v) is 12.2. The molecule has 2 aromatic rings. The van der Waals surface area contributed by atoms with Crippen LogP contribution < -0.4 is 10.6 Å². The molecule has 1 fully saturated rings. The number of carbonyl (C=O) groups excluding carboxylic acids is 1. The molecule has 0 amide bonds. The zero-order valence-electron chi connectivity index (χ0n) is 11.3. The molecular formula is C18H14O2P. The normalized spacial score (nSPS) is 17.0. The summed E-state index contributed by atoms with van der Waals surface area (Å²) in [5.74, 6) is 0.492. The lowest BCUT2D eigenvalue weighted by Crippen LogP contribution is -2.23. The van der Waals surface area contributed by atoms with Crippen LogP contribution in [0, 0.1) is 30.8 Å². The molecule has 0 bridgehead atoms. The molecule has 0 heterocycles. The Morgan fingerprint density at radius 1 is 0.762 bits per heavy atom. The molecule has 1 saturated carbocycles. The van der Waals surface area contributed by atoms with Crippen LogP contribution in [0.1, 0.15) is 0 Å². The molecule has 0 saturated heterocycles. The van der Waals surface area contributed by atoms with Crippen molar-refractivity contribution < 1.29 is 9.36 Å². The molecule has 0 aromatic heterocycles. The van der Waals surface area contributed by atoms with Crippen molar-refractivity contribution in [3.8, 4) is 0 Å². The molecule has 0 atom stereocenters. The van der Waals surface area contributed by atoms with Gasteiger partial charge in [-0.15, -0.1) is 0 Å². The van der Waals surface area contributed by atoms with Gasteiger partial charge in [0.15, 0.2) is 7.14 Å². The Morgan fingerprint density at radius 2 is 1.29 bits per heavy atom. The van der Waals surface area contributed by atoms with Gasteiger partial charge in [0.05, 0.1) is 11.6 Å². The van der Waals surface area contributed by atoms with E-state index in [9.17, 15) is 9.36 Å². The first-order chi connectivity index (χ1) is 10.3.